The van der Waals surface area contributed by atoms with E-state index in [0.717, 1.165) is 11.1 Å². The van der Waals surface area contributed by atoms with Crippen LogP contribution in [0.25, 0.3) is 0 Å². The standard InChI is InChI=1S/C22H18ClN3O/c23-20-13-19(12-11-18(20)14-24)26-21(27)15-25-22(16-7-3-1-4-8-16)17-9-5-2-6-10-17/h1-13,22,25H,15H2,(H,26,27)/p+1. The molecular weight excluding hydrogens is 358 g/mol. The SMILES string of the molecule is N#Cc1ccc(NC(=O)C[NH2+]C(c2ccccc2)c2ccccc2)cc1Cl. The first-order valence-corrected chi connectivity index (χ1v) is 8.98. The summed E-state index contributed by atoms with van der Waals surface area (Å²) in [5.41, 5.74) is 3.23. The van der Waals surface area contributed by atoms with Crippen LogP contribution in [0.5, 0.6) is 0 Å². The highest BCUT2D eigenvalue weighted by molar-refractivity contribution is 6.32. The van der Waals surface area contributed by atoms with E-state index in [1.54, 1.807) is 18.2 Å². The topological polar surface area (TPSA) is 69.5 Å². The van der Waals surface area contributed by atoms with Gasteiger partial charge in [0.15, 0.2) is 6.54 Å². The number of quaternary nitrogens is 1. The lowest BCUT2D eigenvalue weighted by Crippen LogP contribution is -2.87. The van der Waals surface area contributed by atoms with Crippen LogP contribution >= 0.6 is 11.6 Å². The Hall–Kier alpha value is -3.13. The van der Waals surface area contributed by atoms with Crippen LogP contribution < -0.4 is 10.6 Å². The summed E-state index contributed by atoms with van der Waals surface area (Å²) in [5, 5.41) is 14.1. The maximum atomic E-state index is 12.4. The maximum absolute atomic E-state index is 12.4. The van der Waals surface area contributed by atoms with Gasteiger partial charge in [0.05, 0.1) is 10.6 Å². The highest BCUT2D eigenvalue weighted by atomic mass is 35.5. The molecule has 27 heavy (non-hydrogen) atoms. The normalized spacial score (nSPS) is 10.4. The molecule has 3 aromatic carbocycles. The molecule has 3 N–H and O–H groups in total. The monoisotopic (exact) mass is 376 g/mol. The summed E-state index contributed by atoms with van der Waals surface area (Å²) in [7, 11) is 0. The molecule has 0 unspecified atom stereocenters. The van der Waals surface area contributed by atoms with Crippen molar-refractivity contribution in [3.63, 3.8) is 0 Å². The number of halogens is 1. The van der Waals surface area contributed by atoms with E-state index in [1.807, 2.05) is 47.8 Å². The number of anilines is 1. The molecule has 0 atom stereocenters. The number of rotatable bonds is 6. The van der Waals surface area contributed by atoms with Crippen molar-refractivity contribution in [1.29, 1.82) is 5.26 Å². The molecule has 0 aliphatic heterocycles. The van der Waals surface area contributed by atoms with E-state index in [4.69, 9.17) is 16.9 Å². The fourth-order valence-corrected chi connectivity index (χ4v) is 3.13. The Morgan fingerprint density at radius 3 is 2.11 bits per heavy atom. The first-order chi connectivity index (χ1) is 13.2. The fourth-order valence-electron chi connectivity index (χ4n) is 2.91. The number of amides is 1. The van der Waals surface area contributed by atoms with Gasteiger partial charge in [-0.25, -0.2) is 0 Å². The minimum Gasteiger partial charge on any atom is -0.328 e. The van der Waals surface area contributed by atoms with Gasteiger partial charge in [-0.2, -0.15) is 5.26 Å². The van der Waals surface area contributed by atoms with Crippen LogP contribution in [0.4, 0.5) is 5.69 Å². The molecule has 0 fully saturated rings. The van der Waals surface area contributed by atoms with Crippen molar-refractivity contribution in [2.24, 2.45) is 0 Å². The van der Waals surface area contributed by atoms with E-state index in [-0.39, 0.29) is 18.5 Å². The number of carbonyl (C=O) groups excluding carboxylic acids is 1. The molecule has 0 bridgehead atoms. The Kier molecular flexibility index (Phi) is 6.22. The number of nitrogens with zero attached hydrogens (tertiary/aromatic N) is 1. The van der Waals surface area contributed by atoms with Crippen molar-refractivity contribution in [1.82, 2.24) is 0 Å². The van der Waals surface area contributed by atoms with Gasteiger partial charge in [-0.3, -0.25) is 4.79 Å². The van der Waals surface area contributed by atoms with Crippen LogP contribution in [0.2, 0.25) is 5.02 Å². The summed E-state index contributed by atoms with van der Waals surface area (Å²) in [4.78, 5) is 12.4. The van der Waals surface area contributed by atoms with E-state index in [2.05, 4.69) is 29.6 Å². The zero-order chi connectivity index (χ0) is 19.1. The Morgan fingerprint density at radius 2 is 1.59 bits per heavy atom. The van der Waals surface area contributed by atoms with Gasteiger partial charge in [-0.15, -0.1) is 0 Å². The zero-order valence-corrected chi connectivity index (χ0v) is 15.4. The second-order valence-corrected chi connectivity index (χ2v) is 6.50. The van der Waals surface area contributed by atoms with Gasteiger partial charge < -0.3 is 10.6 Å². The molecule has 0 aliphatic carbocycles. The molecule has 0 aliphatic rings. The second-order valence-electron chi connectivity index (χ2n) is 6.09. The van der Waals surface area contributed by atoms with Crippen molar-refractivity contribution in [3.8, 4) is 6.07 Å². The predicted molar refractivity (Wildman–Crippen MR) is 106 cm³/mol. The van der Waals surface area contributed by atoms with Crippen LogP contribution in [0, 0.1) is 11.3 Å². The maximum Gasteiger partial charge on any atom is 0.279 e. The zero-order valence-electron chi connectivity index (χ0n) is 14.6. The third-order valence-electron chi connectivity index (χ3n) is 4.23. The lowest BCUT2D eigenvalue weighted by Gasteiger charge is -2.16. The summed E-state index contributed by atoms with van der Waals surface area (Å²) >= 11 is 6.02. The molecule has 0 spiro atoms. The minimum atomic E-state index is -0.132. The summed E-state index contributed by atoms with van der Waals surface area (Å²) < 4.78 is 0. The summed E-state index contributed by atoms with van der Waals surface area (Å²) in [6, 6.07) is 27.1. The second kappa shape index (κ2) is 9.00. The quantitative estimate of drug-likeness (QED) is 0.691. The summed E-state index contributed by atoms with van der Waals surface area (Å²) in [6.45, 7) is 0.256. The van der Waals surface area contributed by atoms with E-state index >= 15 is 0 Å². The molecule has 0 aromatic heterocycles. The molecule has 4 nitrogen and oxygen atoms in total. The van der Waals surface area contributed by atoms with Gasteiger partial charge >= 0.3 is 0 Å². The van der Waals surface area contributed by atoms with Gasteiger partial charge in [0.2, 0.25) is 0 Å². The van der Waals surface area contributed by atoms with Crippen molar-refractivity contribution in [2.45, 2.75) is 6.04 Å². The van der Waals surface area contributed by atoms with Crippen LogP contribution in [-0.4, -0.2) is 12.5 Å². The molecule has 1 amide bonds. The van der Waals surface area contributed by atoms with Gasteiger partial charge in [0.1, 0.15) is 12.1 Å². The van der Waals surface area contributed by atoms with E-state index in [1.165, 1.54) is 0 Å². The average molecular weight is 377 g/mol. The average Bonchev–Trinajstić information content (AvgIpc) is 2.70. The highest BCUT2D eigenvalue weighted by Gasteiger charge is 2.18. The molecule has 0 heterocycles. The number of hydrogen-bond acceptors (Lipinski definition) is 2. The van der Waals surface area contributed by atoms with Crippen LogP contribution in [-0.2, 0) is 4.79 Å². The molecule has 134 valence electrons. The third-order valence-corrected chi connectivity index (χ3v) is 4.54. The van der Waals surface area contributed by atoms with Crippen LogP contribution in [0.15, 0.2) is 78.9 Å². The van der Waals surface area contributed by atoms with Gasteiger partial charge in [-0.05, 0) is 18.2 Å². The van der Waals surface area contributed by atoms with Gasteiger partial charge in [-0.1, -0.05) is 72.3 Å². The predicted octanol–water partition coefficient (Wildman–Crippen LogP) is 3.50. The van der Waals surface area contributed by atoms with Crippen molar-refractivity contribution in [3.05, 3.63) is 101 Å². The summed E-state index contributed by atoms with van der Waals surface area (Å²) in [5.74, 6) is -0.132. The van der Waals surface area contributed by atoms with Crippen molar-refractivity contribution < 1.29 is 10.1 Å². The van der Waals surface area contributed by atoms with E-state index in [0.29, 0.717) is 16.3 Å². The van der Waals surface area contributed by atoms with Crippen molar-refractivity contribution >= 4 is 23.2 Å². The third kappa shape index (κ3) is 4.95. The molecule has 5 heteroatoms. The molecular formula is C22H19ClN3O+. The Morgan fingerprint density at radius 1 is 1.00 bits per heavy atom. The number of nitrogens with two attached hydrogens (primary N) is 1. The molecule has 3 aromatic rings. The minimum absolute atomic E-state index is 0.0303. The number of nitriles is 1. The van der Waals surface area contributed by atoms with E-state index < -0.39 is 0 Å². The van der Waals surface area contributed by atoms with Crippen molar-refractivity contribution in [2.75, 3.05) is 11.9 Å². The number of nitrogens with one attached hydrogen (secondary N) is 1. The fraction of sp³-hybridized carbons (Fsp3) is 0.0909. The number of hydrogen-bond donors (Lipinski definition) is 2. The van der Waals surface area contributed by atoms with Crippen LogP contribution in [0.3, 0.4) is 0 Å². The Balaban J connectivity index is 1.69. The lowest BCUT2D eigenvalue weighted by atomic mass is 9.99. The smallest absolute Gasteiger partial charge is 0.279 e. The first-order valence-electron chi connectivity index (χ1n) is 8.60. The number of carbonyl (C=O) groups is 1. The summed E-state index contributed by atoms with van der Waals surface area (Å²) in [6.07, 6.45) is 0. The lowest BCUT2D eigenvalue weighted by molar-refractivity contribution is -0.676. The van der Waals surface area contributed by atoms with Gasteiger partial charge in [0.25, 0.3) is 5.91 Å². The van der Waals surface area contributed by atoms with Crippen LogP contribution in [0.1, 0.15) is 22.7 Å². The van der Waals surface area contributed by atoms with Gasteiger partial charge in [0, 0.05) is 16.8 Å². The largest absolute Gasteiger partial charge is 0.328 e. The Labute approximate surface area is 163 Å². The van der Waals surface area contributed by atoms with E-state index in [9.17, 15) is 4.79 Å². The highest BCUT2D eigenvalue weighted by Crippen LogP contribution is 2.20. The molecule has 3 rings (SSSR count). The molecule has 0 saturated heterocycles. The molecule has 0 saturated carbocycles. The first kappa shape index (κ1) is 18.7. The number of benzene rings is 3. The Bertz CT molecular complexity index is 913. The molecule has 0 radical (unpaired) electrons.